The Balaban J connectivity index is 2.27. The molecule has 2 N–H and O–H groups in total. The number of nitrogens with zero attached hydrogens (tertiary/aromatic N) is 1. The van der Waals surface area contributed by atoms with E-state index in [1.807, 2.05) is 55.1 Å². The van der Waals surface area contributed by atoms with Crippen molar-refractivity contribution >= 4 is 23.8 Å². The molecule has 5 heteroatoms. The van der Waals surface area contributed by atoms with Gasteiger partial charge in [-0.1, -0.05) is 37.3 Å². The van der Waals surface area contributed by atoms with Gasteiger partial charge in [-0.2, -0.15) is 0 Å². The van der Waals surface area contributed by atoms with E-state index in [1.165, 1.54) is 6.08 Å². The quantitative estimate of drug-likeness (QED) is 0.371. The fraction of sp³-hybridized carbons (Fsp3) is 0.158. The van der Waals surface area contributed by atoms with E-state index in [4.69, 9.17) is 5.21 Å². The number of benzene rings is 1. The maximum Gasteiger partial charge on any atom is 0.267 e. The molecule has 0 aliphatic heterocycles. The highest BCUT2D eigenvalue weighted by Gasteiger charge is 2.11. The van der Waals surface area contributed by atoms with E-state index in [-0.39, 0.29) is 5.78 Å². The van der Waals surface area contributed by atoms with Crippen LogP contribution in [0.1, 0.15) is 35.0 Å². The first-order valence-corrected chi connectivity index (χ1v) is 7.64. The summed E-state index contributed by atoms with van der Waals surface area (Å²) in [6, 6.07) is 11.0. The van der Waals surface area contributed by atoms with Crippen molar-refractivity contribution in [3.05, 3.63) is 71.1 Å². The van der Waals surface area contributed by atoms with Crippen molar-refractivity contribution in [3.63, 3.8) is 0 Å². The Morgan fingerprint density at radius 3 is 2.58 bits per heavy atom. The average molecular weight is 324 g/mol. The third-order valence-corrected chi connectivity index (χ3v) is 3.63. The molecule has 5 nitrogen and oxygen atoms in total. The fourth-order valence-corrected chi connectivity index (χ4v) is 2.36. The zero-order valence-corrected chi connectivity index (χ0v) is 13.7. The molecule has 1 aromatic carbocycles. The molecule has 1 heterocycles. The number of ketones is 1. The average Bonchev–Trinajstić information content (AvgIpc) is 2.97. The molecule has 0 bridgehead atoms. The number of amides is 1. The highest BCUT2D eigenvalue weighted by molar-refractivity contribution is 6.11. The normalized spacial score (nSPS) is 11.7. The van der Waals surface area contributed by atoms with Gasteiger partial charge in [0.15, 0.2) is 5.78 Å². The maximum atomic E-state index is 12.6. The van der Waals surface area contributed by atoms with Gasteiger partial charge in [0.1, 0.15) is 0 Å². The van der Waals surface area contributed by atoms with Crippen LogP contribution in [0.2, 0.25) is 0 Å². The van der Waals surface area contributed by atoms with E-state index in [0.29, 0.717) is 12.0 Å². The number of allylic oxidation sites excluding steroid dienone is 1. The van der Waals surface area contributed by atoms with Crippen LogP contribution in [0.15, 0.2) is 54.2 Å². The smallest absolute Gasteiger partial charge is 0.267 e. The zero-order chi connectivity index (χ0) is 17.5. The molecule has 0 atom stereocenters. The van der Waals surface area contributed by atoms with Crippen LogP contribution < -0.4 is 5.48 Å². The summed E-state index contributed by atoms with van der Waals surface area (Å²) in [6.07, 6.45) is 7.19. The largest absolute Gasteiger partial charge is 0.350 e. The van der Waals surface area contributed by atoms with Gasteiger partial charge in [0.05, 0.1) is 0 Å². The van der Waals surface area contributed by atoms with Crippen LogP contribution in [0.4, 0.5) is 0 Å². The summed E-state index contributed by atoms with van der Waals surface area (Å²) >= 11 is 0. The third-order valence-electron chi connectivity index (χ3n) is 3.63. The molecule has 1 aromatic heterocycles. The number of nitrogens with one attached hydrogen (secondary N) is 1. The molecule has 0 unspecified atom stereocenters. The van der Waals surface area contributed by atoms with Crippen molar-refractivity contribution in [3.8, 4) is 0 Å². The Hall–Kier alpha value is -2.92. The molecule has 0 aliphatic carbocycles. The van der Waals surface area contributed by atoms with E-state index in [2.05, 4.69) is 0 Å². The number of hydroxylamine groups is 1. The van der Waals surface area contributed by atoms with Gasteiger partial charge < -0.3 is 4.57 Å². The highest BCUT2D eigenvalue weighted by atomic mass is 16.5. The van der Waals surface area contributed by atoms with Crippen molar-refractivity contribution in [2.24, 2.45) is 7.05 Å². The molecule has 0 spiro atoms. The number of Topliss-reactive ketones (excluding diaryl/α,β-unsaturated/α-hetero) is 1. The maximum absolute atomic E-state index is 12.6. The summed E-state index contributed by atoms with van der Waals surface area (Å²) in [7, 11) is 1.85. The Bertz CT molecular complexity index is 786. The van der Waals surface area contributed by atoms with Crippen LogP contribution in [0.3, 0.4) is 0 Å². The van der Waals surface area contributed by atoms with Gasteiger partial charge in [-0.05, 0) is 30.2 Å². The van der Waals surface area contributed by atoms with Crippen molar-refractivity contribution in [1.29, 1.82) is 0 Å². The third kappa shape index (κ3) is 4.30. The molecule has 0 saturated heterocycles. The van der Waals surface area contributed by atoms with Crippen LogP contribution in [0.25, 0.3) is 12.2 Å². The predicted molar refractivity (Wildman–Crippen MR) is 93.4 cm³/mol. The van der Waals surface area contributed by atoms with E-state index in [0.717, 1.165) is 16.8 Å². The summed E-state index contributed by atoms with van der Waals surface area (Å²) in [6.45, 7) is 1.95. The molecule has 0 fully saturated rings. The molecular weight excluding hydrogens is 304 g/mol. The van der Waals surface area contributed by atoms with Crippen molar-refractivity contribution < 1.29 is 14.8 Å². The first kappa shape index (κ1) is 17.4. The van der Waals surface area contributed by atoms with Crippen LogP contribution in [0, 0.1) is 0 Å². The number of carbonyl (C=O) groups is 2. The Labute approximate surface area is 140 Å². The van der Waals surface area contributed by atoms with E-state index >= 15 is 0 Å². The molecule has 0 aliphatic rings. The number of aryl methyl sites for hydroxylation is 1. The van der Waals surface area contributed by atoms with Gasteiger partial charge in [0, 0.05) is 36.2 Å². The Kier molecular flexibility index (Phi) is 5.87. The summed E-state index contributed by atoms with van der Waals surface area (Å²) in [5.41, 5.74) is 4.59. The molecular formula is C19H20N2O3. The lowest BCUT2D eigenvalue weighted by molar-refractivity contribution is -0.124. The molecule has 2 aromatic rings. The van der Waals surface area contributed by atoms with Gasteiger partial charge in [-0.25, -0.2) is 5.48 Å². The fourth-order valence-electron chi connectivity index (χ4n) is 2.36. The van der Waals surface area contributed by atoms with Crippen LogP contribution in [-0.4, -0.2) is 21.5 Å². The number of aromatic nitrogens is 1. The summed E-state index contributed by atoms with van der Waals surface area (Å²) in [5, 5.41) is 8.50. The number of hydrogen-bond acceptors (Lipinski definition) is 3. The summed E-state index contributed by atoms with van der Waals surface area (Å²) in [4.78, 5) is 23.6. The van der Waals surface area contributed by atoms with Crippen LogP contribution in [-0.2, 0) is 11.8 Å². The van der Waals surface area contributed by atoms with E-state index in [1.54, 1.807) is 23.7 Å². The molecule has 0 radical (unpaired) electrons. The number of hydrogen-bond donors (Lipinski definition) is 2. The van der Waals surface area contributed by atoms with Crippen molar-refractivity contribution in [2.75, 3.05) is 0 Å². The molecule has 0 saturated carbocycles. The minimum absolute atomic E-state index is 0.0127. The SMILES string of the molecule is CC/C(=C\c1cc(/C=C/C(=O)NO)n(C)c1)C(=O)c1ccccc1. The van der Waals surface area contributed by atoms with E-state index in [9.17, 15) is 9.59 Å². The molecule has 1 amide bonds. The standard InChI is InChI=1S/C19H20N2O3/c1-3-15(19(23)16-7-5-4-6-8-16)11-14-12-17(21(2)13-14)9-10-18(22)20-24/h4-13,24H,3H2,1-2H3,(H,20,22)/b10-9+,15-11+. The molecule has 124 valence electrons. The second-order valence-electron chi connectivity index (χ2n) is 5.34. The highest BCUT2D eigenvalue weighted by Crippen LogP contribution is 2.18. The van der Waals surface area contributed by atoms with Gasteiger partial charge in [-0.15, -0.1) is 0 Å². The first-order valence-electron chi connectivity index (χ1n) is 7.64. The molecule has 24 heavy (non-hydrogen) atoms. The number of rotatable bonds is 6. The van der Waals surface area contributed by atoms with Crippen molar-refractivity contribution in [1.82, 2.24) is 10.0 Å². The lowest BCUT2D eigenvalue weighted by Gasteiger charge is -2.03. The lowest BCUT2D eigenvalue weighted by Crippen LogP contribution is -2.14. The summed E-state index contributed by atoms with van der Waals surface area (Å²) < 4.78 is 1.84. The Morgan fingerprint density at radius 1 is 1.25 bits per heavy atom. The lowest BCUT2D eigenvalue weighted by atomic mass is 10.00. The second-order valence-corrected chi connectivity index (χ2v) is 5.34. The molecule has 2 rings (SSSR count). The zero-order valence-electron chi connectivity index (χ0n) is 13.7. The van der Waals surface area contributed by atoms with Crippen molar-refractivity contribution in [2.45, 2.75) is 13.3 Å². The second kappa shape index (κ2) is 8.08. The van der Waals surface area contributed by atoms with Gasteiger partial charge >= 0.3 is 0 Å². The van der Waals surface area contributed by atoms with Gasteiger partial charge in [0.25, 0.3) is 5.91 Å². The van der Waals surface area contributed by atoms with E-state index < -0.39 is 5.91 Å². The summed E-state index contributed by atoms with van der Waals surface area (Å²) in [5.74, 6) is -0.583. The van der Waals surface area contributed by atoms with Gasteiger partial charge in [0.2, 0.25) is 0 Å². The topological polar surface area (TPSA) is 71.3 Å². The Morgan fingerprint density at radius 2 is 1.96 bits per heavy atom. The minimum Gasteiger partial charge on any atom is -0.350 e. The van der Waals surface area contributed by atoms with Gasteiger partial charge in [-0.3, -0.25) is 14.8 Å². The minimum atomic E-state index is -0.596. The van der Waals surface area contributed by atoms with Crippen LogP contribution >= 0.6 is 0 Å². The number of carbonyl (C=O) groups excluding carboxylic acids is 2. The monoisotopic (exact) mass is 324 g/mol. The predicted octanol–water partition coefficient (Wildman–Crippen LogP) is 3.22. The van der Waals surface area contributed by atoms with Crippen LogP contribution in [0.5, 0.6) is 0 Å². The first-order chi connectivity index (χ1) is 11.5.